The van der Waals surface area contributed by atoms with Crippen LogP contribution in [0, 0.1) is 6.92 Å². The molecule has 5 rings (SSSR count). The Morgan fingerprint density at radius 3 is 2.59 bits per heavy atom. The Morgan fingerprint density at radius 1 is 1.14 bits per heavy atom. The topological polar surface area (TPSA) is 131 Å². The van der Waals surface area contributed by atoms with Gasteiger partial charge in [-0.25, -0.2) is 4.79 Å². The van der Waals surface area contributed by atoms with E-state index in [-0.39, 0.29) is 12.5 Å². The number of ether oxygens (including phenoxy) is 1. The highest BCUT2D eigenvalue weighted by atomic mass is 16.7. The first-order valence-corrected chi connectivity index (χ1v) is 11.8. The molecule has 4 N–H and O–H groups in total. The van der Waals surface area contributed by atoms with Gasteiger partial charge in [0, 0.05) is 23.6 Å². The van der Waals surface area contributed by atoms with E-state index in [0.29, 0.717) is 18.1 Å². The maximum absolute atomic E-state index is 12.4. The maximum atomic E-state index is 12.4. The lowest BCUT2D eigenvalue weighted by atomic mass is 9.89. The number of carbonyl (C=O) groups excluding carboxylic acids is 3. The molecule has 10 heteroatoms. The van der Waals surface area contributed by atoms with E-state index in [1.807, 2.05) is 61.5 Å². The average Bonchev–Trinajstić information content (AvgIpc) is 3.43. The van der Waals surface area contributed by atoms with Crippen molar-refractivity contribution in [1.29, 1.82) is 0 Å². The summed E-state index contributed by atoms with van der Waals surface area (Å²) in [5.74, 6) is -0.0814. The van der Waals surface area contributed by atoms with Crippen LogP contribution in [0.5, 0.6) is 5.75 Å². The van der Waals surface area contributed by atoms with E-state index in [9.17, 15) is 14.4 Å². The van der Waals surface area contributed by atoms with Crippen molar-refractivity contribution in [2.75, 3.05) is 6.54 Å². The average molecular weight is 502 g/mol. The Kier molecular flexibility index (Phi) is 6.04. The van der Waals surface area contributed by atoms with Gasteiger partial charge >= 0.3 is 6.03 Å². The zero-order chi connectivity index (χ0) is 26.2. The van der Waals surface area contributed by atoms with Crippen LogP contribution in [0.4, 0.5) is 4.79 Å². The molecule has 3 aromatic rings. The minimum atomic E-state index is -1.33. The van der Waals surface area contributed by atoms with Crippen molar-refractivity contribution in [3.05, 3.63) is 83.2 Å². The van der Waals surface area contributed by atoms with Gasteiger partial charge < -0.3 is 15.4 Å². The van der Waals surface area contributed by atoms with Crippen molar-refractivity contribution < 1.29 is 24.0 Å². The Hall–Kier alpha value is -4.44. The predicted octanol–water partition coefficient (Wildman–Crippen LogP) is 2.47. The van der Waals surface area contributed by atoms with Gasteiger partial charge in [0.2, 0.25) is 5.91 Å². The first-order valence-electron chi connectivity index (χ1n) is 11.8. The Morgan fingerprint density at radius 2 is 1.89 bits per heavy atom. The van der Waals surface area contributed by atoms with Gasteiger partial charge in [-0.05, 0) is 49.8 Å². The molecule has 2 unspecified atom stereocenters. The van der Waals surface area contributed by atoms with Crippen LogP contribution in [-0.4, -0.2) is 34.9 Å². The largest absolute Gasteiger partial charge is 0.489 e. The van der Waals surface area contributed by atoms with Gasteiger partial charge in [-0.2, -0.15) is 0 Å². The fraction of sp³-hybridized carbons (Fsp3) is 0.259. The third-order valence-corrected chi connectivity index (χ3v) is 6.57. The Labute approximate surface area is 213 Å². The molecule has 2 atom stereocenters. The number of aryl methyl sites for hydroxylation is 1. The molecule has 1 saturated heterocycles. The summed E-state index contributed by atoms with van der Waals surface area (Å²) in [7, 11) is 0. The molecule has 37 heavy (non-hydrogen) atoms. The second-order valence-corrected chi connectivity index (χ2v) is 9.35. The third-order valence-electron chi connectivity index (χ3n) is 6.57. The molecule has 3 heterocycles. The molecule has 10 nitrogen and oxygen atoms in total. The quantitative estimate of drug-likeness (QED) is 0.366. The number of para-hydroxylation sites is 1. The molecular weight excluding hydrogens is 474 g/mol. The third kappa shape index (κ3) is 4.58. The van der Waals surface area contributed by atoms with Gasteiger partial charge in [0.15, 0.2) is 11.1 Å². The molecule has 1 fully saturated rings. The number of amides is 4. The summed E-state index contributed by atoms with van der Waals surface area (Å²) < 4.78 is 6.08. The molecule has 1 aromatic heterocycles. The van der Waals surface area contributed by atoms with E-state index in [2.05, 4.69) is 26.4 Å². The van der Waals surface area contributed by atoms with Crippen LogP contribution >= 0.6 is 0 Å². The van der Waals surface area contributed by atoms with Crippen LogP contribution in [0.25, 0.3) is 10.9 Å². The number of benzene rings is 2. The summed E-state index contributed by atoms with van der Waals surface area (Å²) in [6.45, 7) is 5.42. The maximum Gasteiger partial charge on any atom is 0.322 e. The fourth-order valence-corrected chi connectivity index (χ4v) is 4.51. The highest BCUT2D eigenvalue weighted by molar-refractivity contribution is 6.08. The smallest absolute Gasteiger partial charge is 0.322 e. The van der Waals surface area contributed by atoms with E-state index in [1.165, 1.54) is 6.92 Å². The van der Waals surface area contributed by atoms with Gasteiger partial charge in [-0.3, -0.25) is 30.2 Å². The number of fused-ring (bicyclic) bond motifs is 1. The number of nitrogens with one attached hydrogen (secondary N) is 4. The van der Waals surface area contributed by atoms with Gasteiger partial charge in [-0.15, -0.1) is 0 Å². The number of imide groups is 1. The second kappa shape index (κ2) is 9.21. The van der Waals surface area contributed by atoms with Crippen LogP contribution in [0.2, 0.25) is 0 Å². The van der Waals surface area contributed by atoms with E-state index in [1.54, 1.807) is 13.0 Å². The number of rotatable bonds is 7. The van der Waals surface area contributed by atoms with Crippen LogP contribution in [0.1, 0.15) is 30.7 Å². The number of hydrogen-bond acceptors (Lipinski definition) is 7. The summed E-state index contributed by atoms with van der Waals surface area (Å²) in [6.07, 6.45) is 1.70. The van der Waals surface area contributed by atoms with Gasteiger partial charge in [-0.1, -0.05) is 30.3 Å². The molecule has 2 aliphatic rings. The molecular formula is C27H27N5O5. The lowest BCUT2D eigenvalue weighted by Gasteiger charge is -2.26. The minimum absolute atomic E-state index is 0.104. The van der Waals surface area contributed by atoms with Crippen molar-refractivity contribution in [2.24, 2.45) is 0 Å². The molecule has 190 valence electrons. The Balaban J connectivity index is 1.39. The Bertz CT molecular complexity index is 1440. The van der Waals surface area contributed by atoms with Crippen LogP contribution in [0.15, 0.2) is 66.4 Å². The van der Waals surface area contributed by atoms with Crippen LogP contribution < -0.4 is 26.2 Å². The van der Waals surface area contributed by atoms with Gasteiger partial charge in [0.05, 0.1) is 17.8 Å². The van der Waals surface area contributed by atoms with Crippen molar-refractivity contribution in [1.82, 2.24) is 26.4 Å². The lowest BCUT2D eigenvalue weighted by molar-refractivity contribution is -0.123. The number of urea groups is 1. The summed E-state index contributed by atoms with van der Waals surface area (Å²) >= 11 is 0. The van der Waals surface area contributed by atoms with Crippen molar-refractivity contribution in [2.45, 2.75) is 38.5 Å². The molecule has 0 spiro atoms. The van der Waals surface area contributed by atoms with Gasteiger partial charge in [0.25, 0.3) is 5.91 Å². The number of hydroxylamine groups is 1. The molecule has 2 aliphatic heterocycles. The molecule has 4 amide bonds. The summed E-state index contributed by atoms with van der Waals surface area (Å²) in [5, 5.41) is 8.67. The van der Waals surface area contributed by atoms with Gasteiger partial charge in [0.1, 0.15) is 12.4 Å². The molecule has 0 aliphatic carbocycles. The standard InChI is InChI=1S/C27H27N5O5/c1-16-12-18(21-6-4-5-7-22(21)29-16)14-36-20-10-8-19(9-11-20)27(15-28-17(2)33)13-23(32-37-27)26(3)24(34)30-25(35)31-26/h4-13,32H,14-15H2,1-3H3,(H,28,33)(H2,30,31,34,35). The SMILES string of the molecule is CC(=O)NCC1(c2ccc(OCc3cc(C)nc4ccccc34)cc2)C=C(C2(C)NC(=O)NC2=O)NO1. The van der Waals surface area contributed by atoms with Crippen LogP contribution in [-0.2, 0) is 26.6 Å². The fourth-order valence-electron chi connectivity index (χ4n) is 4.51. The first-order chi connectivity index (χ1) is 17.7. The van der Waals surface area contributed by atoms with Crippen LogP contribution in [0.3, 0.4) is 0 Å². The monoisotopic (exact) mass is 501 g/mol. The number of pyridine rings is 1. The number of nitrogens with zero attached hydrogens (tertiary/aromatic N) is 1. The first kappa shape index (κ1) is 24.3. The number of aromatic nitrogens is 1. The van der Waals surface area contributed by atoms with E-state index in [4.69, 9.17) is 9.57 Å². The minimum Gasteiger partial charge on any atom is -0.489 e. The molecule has 2 aromatic carbocycles. The number of hydrogen-bond donors (Lipinski definition) is 4. The molecule has 0 bridgehead atoms. The number of carbonyl (C=O) groups is 3. The normalized spacial score (nSPS) is 22.7. The molecule has 0 radical (unpaired) electrons. The van der Waals surface area contributed by atoms with E-state index >= 15 is 0 Å². The molecule has 0 saturated carbocycles. The van der Waals surface area contributed by atoms with Crippen molar-refractivity contribution in [3.8, 4) is 5.75 Å². The summed E-state index contributed by atoms with van der Waals surface area (Å²) in [6, 6.07) is 16.7. The van der Waals surface area contributed by atoms with Crippen molar-refractivity contribution in [3.63, 3.8) is 0 Å². The van der Waals surface area contributed by atoms with Crippen molar-refractivity contribution >= 4 is 28.7 Å². The summed E-state index contributed by atoms with van der Waals surface area (Å²) in [5.41, 5.74) is 4.29. The predicted molar refractivity (Wildman–Crippen MR) is 135 cm³/mol. The summed E-state index contributed by atoms with van der Waals surface area (Å²) in [4.78, 5) is 46.4. The van der Waals surface area contributed by atoms with E-state index < -0.39 is 23.1 Å². The zero-order valence-electron chi connectivity index (χ0n) is 20.7. The van der Waals surface area contributed by atoms with E-state index in [0.717, 1.165) is 27.7 Å². The highest BCUT2D eigenvalue weighted by Gasteiger charge is 2.50. The highest BCUT2D eigenvalue weighted by Crippen LogP contribution is 2.36. The second-order valence-electron chi connectivity index (χ2n) is 9.35. The zero-order valence-corrected chi connectivity index (χ0v) is 20.7. The lowest BCUT2D eigenvalue weighted by Crippen LogP contribution is -2.48.